The van der Waals surface area contributed by atoms with Crippen LogP contribution in [0.3, 0.4) is 0 Å². The molecule has 0 aliphatic carbocycles. The first-order valence-electron chi connectivity index (χ1n) is 7.62. The third-order valence-electron chi connectivity index (χ3n) is 4.36. The zero-order valence-electron chi connectivity index (χ0n) is 12.4. The molecule has 0 spiro atoms. The molecule has 3 rings (SSSR count). The zero-order chi connectivity index (χ0) is 14.7. The molecule has 2 fully saturated rings. The second-order valence-corrected chi connectivity index (χ2v) is 5.89. The van der Waals surface area contributed by atoms with Crippen LogP contribution in [0.4, 0.5) is 5.95 Å². The van der Waals surface area contributed by atoms with E-state index in [2.05, 4.69) is 19.8 Å². The van der Waals surface area contributed by atoms with Crippen molar-refractivity contribution in [2.24, 2.45) is 5.92 Å². The summed E-state index contributed by atoms with van der Waals surface area (Å²) < 4.78 is 5.16. The van der Waals surface area contributed by atoms with Crippen LogP contribution in [-0.2, 0) is 9.53 Å². The van der Waals surface area contributed by atoms with Crippen LogP contribution in [0.15, 0.2) is 18.5 Å². The zero-order valence-corrected chi connectivity index (χ0v) is 12.4. The van der Waals surface area contributed by atoms with Crippen LogP contribution in [0, 0.1) is 5.92 Å². The molecule has 1 aromatic heterocycles. The van der Waals surface area contributed by atoms with E-state index in [1.165, 1.54) is 6.92 Å². The van der Waals surface area contributed by atoms with Crippen molar-refractivity contribution in [1.29, 1.82) is 0 Å². The first kappa shape index (κ1) is 14.3. The molecule has 0 saturated carbocycles. The monoisotopic (exact) mass is 290 g/mol. The topological polar surface area (TPSA) is 58.6 Å². The van der Waals surface area contributed by atoms with Gasteiger partial charge in [-0.25, -0.2) is 9.97 Å². The van der Waals surface area contributed by atoms with Crippen LogP contribution in [0.5, 0.6) is 0 Å². The number of carbonyl (C=O) groups is 1. The lowest BCUT2D eigenvalue weighted by molar-refractivity contribution is -0.143. The van der Waals surface area contributed by atoms with E-state index in [1.807, 2.05) is 6.07 Å². The molecule has 3 heterocycles. The predicted octanol–water partition coefficient (Wildman–Crippen LogP) is 0.940. The Kier molecular flexibility index (Phi) is 4.34. The number of ether oxygens (including phenoxy) is 1. The Morgan fingerprint density at radius 2 is 2.10 bits per heavy atom. The lowest BCUT2D eigenvalue weighted by atomic mass is 9.91. The Morgan fingerprint density at radius 1 is 1.29 bits per heavy atom. The highest BCUT2D eigenvalue weighted by molar-refractivity contribution is 5.65. The normalized spacial score (nSPS) is 26.2. The van der Waals surface area contributed by atoms with Crippen LogP contribution < -0.4 is 4.90 Å². The number of nitrogens with zero attached hydrogens (tertiary/aromatic N) is 4. The van der Waals surface area contributed by atoms with Crippen LogP contribution in [-0.4, -0.2) is 59.7 Å². The third kappa shape index (κ3) is 3.50. The first-order valence-corrected chi connectivity index (χ1v) is 7.62. The van der Waals surface area contributed by atoms with Crippen molar-refractivity contribution in [1.82, 2.24) is 14.9 Å². The maximum absolute atomic E-state index is 10.9. The van der Waals surface area contributed by atoms with Gasteiger partial charge in [-0.3, -0.25) is 9.69 Å². The Hall–Kier alpha value is -1.69. The SMILES string of the molecule is CC(=O)OC[C@H]1CC[C@H]2CN(c3ncccn3)CCN2C1. The minimum atomic E-state index is -0.178. The molecule has 0 bridgehead atoms. The van der Waals surface area contributed by atoms with Gasteiger partial charge in [-0.15, -0.1) is 0 Å². The number of rotatable bonds is 3. The van der Waals surface area contributed by atoms with Crippen molar-refractivity contribution in [3.05, 3.63) is 18.5 Å². The molecule has 0 radical (unpaired) electrons. The van der Waals surface area contributed by atoms with E-state index in [4.69, 9.17) is 4.74 Å². The highest BCUT2D eigenvalue weighted by atomic mass is 16.5. The van der Waals surface area contributed by atoms with E-state index < -0.39 is 0 Å². The van der Waals surface area contributed by atoms with Gasteiger partial charge in [0.1, 0.15) is 0 Å². The Labute approximate surface area is 125 Å². The van der Waals surface area contributed by atoms with Gasteiger partial charge in [0.2, 0.25) is 5.95 Å². The predicted molar refractivity (Wildman–Crippen MR) is 79.0 cm³/mol. The van der Waals surface area contributed by atoms with E-state index in [-0.39, 0.29) is 5.97 Å². The molecule has 2 saturated heterocycles. The van der Waals surface area contributed by atoms with Crippen molar-refractivity contribution in [3.8, 4) is 0 Å². The Morgan fingerprint density at radius 3 is 2.86 bits per heavy atom. The number of esters is 1. The average Bonchev–Trinajstić information content (AvgIpc) is 2.53. The van der Waals surface area contributed by atoms with Gasteiger partial charge in [0.05, 0.1) is 6.61 Å². The number of anilines is 1. The fourth-order valence-corrected chi connectivity index (χ4v) is 3.27. The molecule has 2 aliphatic heterocycles. The van der Waals surface area contributed by atoms with Crippen molar-refractivity contribution in [2.75, 3.05) is 37.7 Å². The minimum absolute atomic E-state index is 0.178. The van der Waals surface area contributed by atoms with Gasteiger partial charge in [0.15, 0.2) is 0 Å². The van der Waals surface area contributed by atoms with E-state index in [9.17, 15) is 4.79 Å². The summed E-state index contributed by atoms with van der Waals surface area (Å²) in [7, 11) is 0. The fourth-order valence-electron chi connectivity index (χ4n) is 3.27. The molecule has 0 N–H and O–H groups in total. The largest absolute Gasteiger partial charge is 0.466 e. The van der Waals surface area contributed by atoms with E-state index in [0.717, 1.165) is 45.0 Å². The van der Waals surface area contributed by atoms with E-state index in [1.54, 1.807) is 12.4 Å². The highest BCUT2D eigenvalue weighted by Gasteiger charge is 2.33. The number of piperazine rings is 1. The number of carbonyl (C=O) groups excluding carboxylic acids is 1. The van der Waals surface area contributed by atoms with Gasteiger partial charge in [-0.1, -0.05) is 0 Å². The number of hydrogen-bond acceptors (Lipinski definition) is 6. The van der Waals surface area contributed by atoms with Gasteiger partial charge >= 0.3 is 5.97 Å². The van der Waals surface area contributed by atoms with Gasteiger partial charge < -0.3 is 9.64 Å². The summed E-state index contributed by atoms with van der Waals surface area (Å²) in [5.74, 6) is 1.13. The van der Waals surface area contributed by atoms with Crippen molar-refractivity contribution in [2.45, 2.75) is 25.8 Å². The second kappa shape index (κ2) is 6.39. The first-order chi connectivity index (χ1) is 10.2. The van der Waals surface area contributed by atoms with Crippen molar-refractivity contribution < 1.29 is 9.53 Å². The molecule has 6 nitrogen and oxygen atoms in total. The molecule has 114 valence electrons. The lowest BCUT2D eigenvalue weighted by Crippen LogP contribution is -2.57. The number of aromatic nitrogens is 2. The smallest absolute Gasteiger partial charge is 0.302 e. The summed E-state index contributed by atoms with van der Waals surface area (Å²) >= 11 is 0. The molecule has 2 atom stereocenters. The molecule has 21 heavy (non-hydrogen) atoms. The maximum Gasteiger partial charge on any atom is 0.302 e. The number of hydrogen-bond donors (Lipinski definition) is 0. The average molecular weight is 290 g/mol. The molecule has 0 amide bonds. The summed E-state index contributed by atoms with van der Waals surface area (Å²) in [4.78, 5) is 24.4. The summed E-state index contributed by atoms with van der Waals surface area (Å²) in [6.07, 6.45) is 5.86. The van der Waals surface area contributed by atoms with Gasteiger partial charge in [0.25, 0.3) is 0 Å². The summed E-state index contributed by atoms with van der Waals surface area (Å²) in [5.41, 5.74) is 0. The van der Waals surface area contributed by atoms with E-state index in [0.29, 0.717) is 18.6 Å². The minimum Gasteiger partial charge on any atom is -0.466 e. The molecule has 6 heteroatoms. The van der Waals surface area contributed by atoms with Crippen LogP contribution in [0.25, 0.3) is 0 Å². The van der Waals surface area contributed by atoms with Crippen molar-refractivity contribution in [3.63, 3.8) is 0 Å². The summed E-state index contributed by atoms with van der Waals surface area (Å²) in [6.45, 7) is 6.04. The van der Waals surface area contributed by atoms with Crippen molar-refractivity contribution >= 4 is 11.9 Å². The highest BCUT2D eigenvalue weighted by Crippen LogP contribution is 2.26. The van der Waals surface area contributed by atoms with Gasteiger partial charge in [-0.05, 0) is 18.9 Å². The third-order valence-corrected chi connectivity index (χ3v) is 4.36. The van der Waals surface area contributed by atoms with Crippen LogP contribution in [0.2, 0.25) is 0 Å². The second-order valence-electron chi connectivity index (χ2n) is 5.89. The molecular formula is C15H22N4O2. The standard InChI is InChI=1S/C15H22N4O2/c1-12(20)21-11-13-3-4-14-10-19(8-7-18(14)9-13)15-16-5-2-6-17-15/h2,5-6,13-14H,3-4,7-11H2,1H3/t13-,14-/m0/s1. The fraction of sp³-hybridized carbons (Fsp3) is 0.667. The van der Waals surface area contributed by atoms with Crippen LogP contribution >= 0.6 is 0 Å². The summed E-state index contributed by atoms with van der Waals surface area (Å²) in [6, 6.07) is 2.41. The van der Waals surface area contributed by atoms with E-state index >= 15 is 0 Å². The van der Waals surface area contributed by atoms with Gasteiger partial charge in [0, 0.05) is 57.5 Å². The summed E-state index contributed by atoms with van der Waals surface area (Å²) in [5, 5.41) is 0. The number of fused-ring (bicyclic) bond motifs is 1. The molecule has 0 aromatic carbocycles. The molecule has 1 aromatic rings. The quantitative estimate of drug-likeness (QED) is 0.772. The van der Waals surface area contributed by atoms with Gasteiger partial charge in [-0.2, -0.15) is 0 Å². The maximum atomic E-state index is 10.9. The Balaban J connectivity index is 1.54. The number of piperidine rings is 1. The van der Waals surface area contributed by atoms with Crippen LogP contribution in [0.1, 0.15) is 19.8 Å². The molecule has 2 aliphatic rings. The Bertz CT molecular complexity index is 482. The molecule has 0 unspecified atom stereocenters. The molecular weight excluding hydrogens is 268 g/mol. The lowest BCUT2D eigenvalue weighted by Gasteiger charge is -2.46.